The van der Waals surface area contributed by atoms with Crippen LogP contribution in [0.5, 0.6) is 5.75 Å². The number of carbonyl (C=O) groups is 1. The fourth-order valence-corrected chi connectivity index (χ4v) is 12.1. The normalized spacial score (nSPS) is 13.8. The second kappa shape index (κ2) is 15.6. The van der Waals surface area contributed by atoms with Crippen molar-refractivity contribution in [3.05, 3.63) is 132 Å². The second-order valence-corrected chi connectivity index (χ2v) is 20.7. The number of fused-ring (bicyclic) bond motifs is 1. The summed E-state index contributed by atoms with van der Waals surface area (Å²) in [5.74, 6) is 1.05. The zero-order chi connectivity index (χ0) is 39.7. The van der Waals surface area contributed by atoms with Crippen molar-refractivity contribution in [2.24, 2.45) is 0 Å². The van der Waals surface area contributed by atoms with Gasteiger partial charge >= 0.3 is 14.4 Å². The summed E-state index contributed by atoms with van der Waals surface area (Å²) in [6.07, 6.45) is -0.343. The van der Waals surface area contributed by atoms with Crippen LogP contribution in [0.4, 0.5) is 26.5 Å². The van der Waals surface area contributed by atoms with E-state index in [1.165, 1.54) is 6.07 Å². The van der Waals surface area contributed by atoms with E-state index in [9.17, 15) is 4.79 Å². The molecule has 1 fully saturated rings. The van der Waals surface area contributed by atoms with Crippen LogP contribution in [0.25, 0.3) is 21.9 Å². The Hall–Kier alpha value is -5.45. The highest BCUT2D eigenvalue weighted by atomic mass is 35.5. The number of nitrogens with one attached hydrogen (secondary N) is 1. The second-order valence-electron chi connectivity index (χ2n) is 16.1. The highest BCUT2D eigenvalue weighted by Gasteiger charge is 2.52. The molecule has 0 saturated carbocycles. The smallest absolute Gasteiger partial charge is 0.410 e. The van der Waals surface area contributed by atoms with Gasteiger partial charge in [-0.2, -0.15) is 0 Å². The Morgan fingerprint density at radius 1 is 0.750 bits per heavy atom. The van der Waals surface area contributed by atoms with Crippen molar-refractivity contribution >= 4 is 64.5 Å². The Kier molecular flexibility index (Phi) is 10.8. The maximum atomic E-state index is 16.6. The van der Waals surface area contributed by atoms with Gasteiger partial charge in [-0.1, -0.05) is 117 Å². The van der Waals surface area contributed by atoms with E-state index < -0.39 is 19.7 Å². The van der Waals surface area contributed by atoms with Gasteiger partial charge in [-0.3, -0.25) is 0 Å². The van der Waals surface area contributed by atoms with Crippen LogP contribution >= 0.6 is 11.6 Å². The van der Waals surface area contributed by atoms with Crippen LogP contribution in [0.3, 0.4) is 0 Å². The number of para-hydroxylation sites is 1. The number of ether oxygens (including phenoxy) is 1. The Balaban J connectivity index is 1.36. The molecule has 5 aromatic carbocycles. The van der Waals surface area contributed by atoms with Crippen molar-refractivity contribution in [3.8, 4) is 16.9 Å². The quantitative estimate of drug-likeness (QED) is 0.154. The number of aromatic nitrogens is 2. The lowest BCUT2D eigenvalue weighted by Crippen LogP contribution is -2.68. The number of hydrogen-bond acceptors (Lipinski definition) is 7. The van der Waals surface area contributed by atoms with E-state index in [4.69, 9.17) is 31.0 Å². The average Bonchev–Trinajstić information content (AvgIpc) is 3.17. The van der Waals surface area contributed by atoms with Gasteiger partial charge in [0.15, 0.2) is 11.6 Å². The standard InChI is InChI=1S/C45H47ClFN5O3Si/c1-44(2,3)54-43(53)52-27-25-51(26-28-52)42-35-30-37(46)36(29-34(35)41(49-50-42)48-31-17-10-7-11-18-31)40-38(47)23-16-24-39(40)55-56(45(4,5)6,32-19-12-8-13-20-32)33-21-14-9-15-22-33/h7-24,29-30H,25-28H2,1-6H3,(H,48,49). The molecule has 1 N–H and O–H groups in total. The SMILES string of the molecule is CC(C)(C)OC(=O)N1CCN(c2nnc(Nc3ccccc3)c3cc(-c4c(F)cccc4O[Si](c4ccccc4)(c4ccccc4)C(C)(C)C)c(Cl)cc23)CC1. The van der Waals surface area contributed by atoms with Gasteiger partial charge in [0, 0.05) is 53.2 Å². The minimum Gasteiger partial charge on any atom is -0.533 e. The summed E-state index contributed by atoms with van der Waals surface area (Å²) in [5.41, 5.74) is 0.964. The third-order valence-electron chi connectivity index (χ3n) is 10.0. The highest BCUT2D eigenvalue weighted by Crippen LogP contribution is 2.45. The van der Waals surface area contributed by atoms with Crippen LogP contribution in [-0.4, -0.2) is 61.3 Å². The fraction of sp³-hybridized carbons (Fsp3) is 0.267. The van der Waals surface area contributed by atoms with Crippen LogP contribution in [0, 0.1) is 5.82 Å². The molecule has 1 amide bonds. The van der Waals surface area contributed by atoms with Crippen LogP contribution in [0.1, 0.15) is 41.5 Å². The molecule has 1 aromatic heterocycles. The summed E-state index contributed by atoms with van der Waals surface area (Å²) in [6.45, 7) is 14.1. The zero-order valence-corrected chi connectivity index (χ0v) is 34.4. The van der Waals surface area contributed by atoms with Crippen molar-refractivity contribution in [3.63, 3.8) is 0 Å². The molecule has 0 bridgehead atoms. The van der Waals surface area contributed by atoms with Gasteiger partial charge in [0.2, 0.25) is 0 Å². The van der Waals surface area contributed by atoms with E-state index in [1.807, 2.05) is 106 Å². The lowest BCUT2D eigenvalue weighted by atomic mass is 10.00. The predicted octanol–water partition coefficient (Wildman–Crippen LogP) is 9.83. The first-order chi connectivity index (χ1) is 26.7. The van der Waals surface area contributed by atoms with E-state index in [0.29, 0.717) is 59.5 Å². The Morgan fingerprint density at radius 3 is 1.91 bits per heavy atom. The number of carbonyl (C=O) groups excluding carboxylic acids is 1. The molecule has 1 saturated heterocycles. The maximum Gasteiger partial charge on any atom is 0.410 e. The highest BCUT2D eigenvalue weighted by molar-refractivity contribution is 7.00. The minimum absolute atomic E-state index is 0.266. The zero-order valence-electron chi connectivity index (χ0n) is 32.6. The molecule has 0 spiro atoms. The first-order valence-electron chi connectivity index (χ1n) is 18.9. The van der Waals surface area contributed by atoms with Gasteiger partial charge in [-0.15, -0.1) is 10.2 Å². The predicted molar refractivity (Wildman–Crippen MR) is 228 cm³/mol. The largest absolute Gasteiger partial charge is 0.533 e. The molecule has 6 aromatic rings. The van der Waals surface area contributed by atoms with Crippen molar-refractivity contribution in [1.29, 1.82) is 0 Å². The monoisotopic (exact) mass is 787 g/mol. The maximum absolute atomic E-state index is 16.6. The summed E-state index contributed by atoms with van der Waals surface area (Å²) >= 11 is 7.26. The van der Waals surface area contributed by atoms with Crippen LogP contribution in [0.2, 0.25) is 10.1 Å². The molecule has 0 unspecified atom stereocenters. The topological polar surface area (TPSA) is 79.8 Å². The van der Waals surface area contributed by atoms with Crippen LogP contribution in [0.15, 0.2) is 121 Å². The molecule has 1 aliphatic rings. The molecule has 7 rings (SSSR count). The molecule has 0 atom stereocenters. The third-order valence-corrected chi connectivity index (χ3v) is 15.3. The van der Waals surface area contributed by atoms with Crippen molar-refractivity contribution in [2.75, 3.05) is 36.4 Å². The first-order valence-corrected chi connectivity index (χ1v) is 21.2. The first kappa shape index (κ1) is 38.8. The summed E-state index contributed by atoms with van der Waals surface area (Å²) < 4.78 is 29.6. The number of halogens is 2. The average molecular weight is 788 g/mol. The lowest BCUT2D eigenvalue weighted by Gasteiger charge is -2.43. The Bertz CT molecular complexity index is 2290. The van der Waals surface area contributed by atoms with E-state index in [0.717, 1.165) is 21.4 Å². The van der Waals surface area contributed by atoms with Crippen LogP contribution < -0.4 is 25.0 Å². The molecule has 0 radical (unpaired) electrons. The van der Waals surface area contributed by atoms with E-state index in [-0.39, 0.29) is 16.7 Å². The number of anilines is 3. The molecule has 2 heterocycles. The molecule has 288 valence electrons. The van der Waals surface area contributed by atoms with E-state index in [2.05, 4.69) is 55.3 Å². The molecule has 1 aliphatic heterocycles. The number of rotatable bonds is 8. The van der Waals surface area contributed by atoms with Gasteiger partial charge in [-0.05, 0) is 72.6 Å². The lowest BCUT2D eigenvalue weighted by molar-refractivity contribution is 0.0240. The molecular formula is C45H47ClFN5O3Si. The van der Waals surface area contributed by atoms with Crippen molar-refractivity contribution in [1.82, 2.24) is 15.1 Å². The van der Waals surface area contributed by atoms with Gasteiger partial charge in [-0.25, -0.2) is 9.18 Å². The number of amides is 1. The van der Waals surface area contributed by atoms with Crippen molar-refractivity contribution < 1.29 is 18.3 Å². The summed E-state index contributed by atoms with van der Waals surface area (Å²) in [5, 5.41) is 16.4. The van der Waals surface area contributed by atoms with Gasteiger partial charge in [0.25, 0.3) is 0 Å². The summed E-state index contributed by atoms with van der Waals surface area (Å²) in [6, 6.07) is 38.9. The molecule has 56 heavy (non-hydrogen) atoms. The van der Waals surface area contributed by atoms with Crippen molar-refractivity contribution in [2.45, 2.75) is 52.2 Å². The molecule has 0 aliphatic carbocycles. The van der Waals surface area contributed by atoms with Gasteiger partial charge in [0.05, 0.1) is 5.56 Å². The minimum atomic E-state index is -3.16. The van der Waals surface area contributed by atoms with Gasteiger partial charge < -0.3 is 24.3 Å². The fourth-order valence-electron chi connectivity index (χ4n) is 7.43. The third kappa shape index (κ3) is 7.81. The summed E-state index contributed by atoms with van der Waals surface area (Å²) in [4.78, 5) is 16.7. The Morgan fingerprint density at radius 2 is 1.34 bits per heavy atom. The Labute approximate surface area is 334 Å². The number of benzene rings is 5. The van der Waals surface area contributed by atoms with E-state index >= 15 is 4.39 Å². The number of hydrogen-bond donors (Lipinski definition) is 1. The molecular weight excluding hydrogens is 741 g/mol. The van der Waals surface area contributed by atoms with Gasteiger partial charge in [0.1, 0.15) is 17.2 Å². The number of nitrogens with zero attached hydrogens (tertiary/aromatic N) is 4. The van der Waals surface area contributed by atoms with E-state index in [1.54, 1.807) is 11.0 Å². The number of piperazine rings is 1. The molecule has 11 heteroatoms. The molecule has 8 nitrogen and oxygen atoms in total. The van der Waals surface area contributed by atoms with Crippen LogP contribution in [-0.2, 0) is 4.74 Å². The summed E-state index contributed by atoms with van der Waals surface area (Å²) in [7, 11) is -3.16.